The smallest absolute Gasteiger partial charge is 0.0538 e. The molecule has 2 aliphatic rings. The minimum Gasteiger partial charge on any atom is -0.381 e. The summed E-state index contributed by atoms with van der Waals surface area (Å²) in [5.41, 5.74) is 3.21. The Morgan fingerprint density at radius 3 is 2.55 bits per heavy atom. The fourth-order valence-corrected chi connectivity index (χ4v) is 3.09. The number of ether oxygens (including phenoxy) is 1. The molecule has 1 atom stereocenters. The molecule has 0 spiro atoms. The van der Waals surface area contributed by atoms with Crippen LogP contribution in [0.15, 0.2) is 24.3 Å². The number of benzene rings is 1. The molecule has 2 fully saturated rings. The van der Waals surface area contributed by atoms with Gasteiger partial charge in [0, 0.05) is 24.6 Å². The van der Waals surface area contributed by atoms with Crippen LogP contribution in [-0.2, 0) is 11.2 Å². The van der Waals surface area contributed by atoms with Crippen molar-refractivity contribution in [3.63, 3.8) is 0 Å². The van der Waals surface area contributed by atoms with Crippen LogP contribution in [0.2, 0.25) is 0 Å². The SMILES string of the molecule is CC(C)c1ccc(CC2(CNC3CC3)CCOC2)cc1. The van der Waals surface area contributed by atoms with Gasteiger partial charge in [0.2, 0.25) is 0 Å². The van der Waals surface area contributed by atoms with E-state index in [1.165, 1.54) is 30.4 Å². The molecule has 1 aromatic rings. The highest BCUT2D eigenvalue weighted by Gasteiger charge is 2.36. The van der Waals surface area contributed by atoms with E-state index in [2.05, 4.69) is 43.4 Å². The van der Waals surface area contributed by atoms with E-state index in [-0.39, 0.29) is 0 Å². The summed E-state index contributed by atoms with van der Waals surface area (Å²) < 4.78 is 5.71. The summed E-state index contributed by atoms with van der Waals surface area (Å²) in [7, 11) is 0. The Bertz CT molecular complexity index is 427. The van der Waals surface area contributed by atoms with Crippen LogP contribution < -0.4 is 5.32 Å². The first-order chi connectivity index (χ1) is 9.67. The molecule has 110 valence electrons. The molecule has 2 heteroatoms. The maximum absolute atomic E-state index is 5.71. The van der Waals surface area contributed by atoms with E-state index < -0.39 is 0 Å². The second kappa shape index (κ2) is 5.87. The van der Waals surface area contributed by atoms with Gasteiger partial charge in [-0.2, -0.15) is 0 Å². The summed E-state index contributed by atoms with van der Waals surface area (Å²) in [6.07, 6.45) is 5.06. The van der Waals surface area contributed by atoms with E-state index in [0.29, 0.717) is 11.3 Å². The summed E-state index contributed by atoms with van der Waals surface area (Å²) in [5.74, 6) is 0.615. The average molecular weight is 273 g/mol. The third kappa shape index (κ3) is 3.42. The van der Waals surface area contributed by atoms with Crippen molar-refractivity contribution in [3.05, 3.63) is 35.4 Å². The molecule has 1 saturated heterocycles. The fraction of sp³-hybridized carbons (Fsp3) is 0.667. The Balaban J connectivity index is 1.65. The van der Waals surface area contributed by atoms with Crippen LogP contribution in [0.3, 0.4) is 0 Å². The summed E-state index contributed by atoms with van der Waals surface area (Å²) >= 11 is 0. The third-order valence-corrected chi connectivity index (χ3v) is 4.75. The first-order valence-electron chi connectivity index (χ1n) is 8.07. The zero-order valence-electron chi connectivity index (χ0n) is 12.8. The van der Waals surface area contributed by atoms with Crippen LogP contribution in [-0.4, -0.2) is 25.8 Å². The molecule has 1 aliphatic carbocycles. The molecule has 1 saturated carbocycles. The Morgan fingerprint density at radius 2 is 2.00 bits per heavy atom. The van der Waals surface area contributed by atoms with E-state index in [1.807, 2.05) is 0 Å². The standard InChI is InChI=1S/C18H27NO/c1-14(2)16-5-3-15(4-6-16)11-18(9-10-20-13-18)12-19-17-7-8-17/h3-6,14,17,19H,7-13H2,1-2H3. The minimum atomic E-state index is 0.321. The summed E-state index contributed by atoms with van der Waals surface area (Å²) in [5, 5.41) is 3.71. The van der Waals surface area contributed by atoms with Gasteiger partial charge >= 0.3 is 0 Å². The molecule has 0 amide bonds. The highest BCUT2D eigenvalue weighted by atomic mass is 16.5. The van der Waals surface area contributed by atoms with E-state index in [0.717, 1.165) is 32.2 Å². The average Bonchev–Trinajstić information content (AvgIpc) is 3.17. The second-order valence-corrected chi connectivity index (χ2v) is 7.03. The first-order valence-corrected chi connectivity index (χ1v) is 8.07. The van der Waals surface area contributed by atoms with Crippen LogP contribution in [0.1, 0.15) is 50.2 Å². The molecule has 1 aromatic carbocycles. The minimum absolute atomic E-state index is 0.321. The maximum atomic E-state index is 5.71. The van der Waals surface area contributed by atoms with Gasteiger partial charge in [-0.3, -0.25) is 0 Å². The number of hydrogen-bond donors (Lipinski definition) is 1. The van der Waals surface area contributed by atoms with Gasteiger partial charge in [0.25, 0.3) is 0 Å². The fourth-order valence-electron chi connectivity index (χ4n) is 3.09. The molecule has 0 bridgehead atoms. The lowest BCUT2D eigenvalue weighted by atomic mass is 9.80. The summed E-state index contributed by atoms with van der Waals surface area (Å²) in [4.78, 5) is 0. The quantitative estimate of drug-likeness (QED) is 0.856. The van der Waals surface area contributed by atoms with Gasteiger partial charge in [-0.25, -0.2) is 0 Å². The zero-order valence-corrected chi connectivity index (χ0v) is 12.8. The molecular formula is C18H27NO. The van der Waals surface area contributed by atoms with Crippen molar-refractivity contribution >= 4 is 0 Å². The van der Waals surface area contributed by atoms with Crippen molar-refractivity contribution in [2.24, 2.45) is 5.41 Å². The van der Waals surface area contributed by atoms with Gasteiger partial charge < -0.3 is 10.1 Å². The molecule has 0 radical (unpaired) electrons. The lowest BCUT2D eigenvalue weighted by molar-refractivity contribution is 0.149. The highest BCUT2D eigenvalue weighted by Crippen LogP contribution is 2.33. The molecule has 3 rings (SSSR count). The molecular weight excluding hydrogens is 246 g/mol. The van der Waals surface area contributed by atoms with Gasteiger partial charge in [-0.05, 0) is 42.7 Å². The van der Waals surface area contributed by atoms with Crippen molar-refractivity contribution < 1.29 is 4.74 Å². The summed E-state index contributed by atoms with van der Waals surface area (Å²) in [6.45, 7) is 7.46. The van der Waals surface area contributed by atoms with Gasteiger partial charge in [0.05, 0.1) is 6.61 Å². The van der Waals surface area contributed by atoms with Gasteiger partial charge in [-0.1, -0.05) is 38.1 Å². The van der Waals surface area contributed by atoms with Crippen LogP contribution >= 0.6 is 0 Å². The molecule has 1 heterocycles. The van der Waals surface area contributed by atoms with Crippen molar-refractivity contribution in [1.29, 1.82) is 0 Å². The van der Waals surface area contributed by atoms with Gasteiger partial charge in [0.15, 0.2) is 0 Å². The molecule has 20 heavy (non-hydrogen) atoms. The van der Waals surface area contributed by atoms with Crippen molar-refractivity contribution in [2.45, 2.75) is 51.5 Å². The predicted octanol–water partition coefficient (Wildman–Crippen LogP) is 3.51. The Hall–Kier alpha value is -0.860. The van der Waals surface area contributed by atoms with Gasteiger partial charge in [0.1, 0.15) is 0 Å². The highest BCUT2D eigenvalue weighted by molar-refractivity contribution is 5.25. The van der Waals surface area contributed by atoms with E-state index in [4.69, 9.17) is 4.74 Å². The number of hydrogen-bond acceptors (Lipinski definition) is 2. The molecule has 1 N–H and O–H groups in total. The van der Waals surface area contributed by atoms with Crippen LogP contribution in [0, 0.1) is 5.41 Å². The Kier molecular flexibility index (Phi) is 4.13. The van der Waals surface area contributed by atoms with E-state index in [9.17, 15) is 0 Å². The Morgan fingerprint density at radius 1 is 1.25 bits per heavy atom. The number of rotatable bonds is 6. The van der Waals surface area contributed by atoms with Crippen LogP contribution in [0.4, 0.5) is 0 Å². The van der Waals surface area contributed by atoms with Crippen LogP contribution in [0.5, 0.6) is 0 Å². The maximum Gasteiger partial charge on any atom is 0.0538 e. The predicted molar refractivity (Wildman–Crippen MR) is 83.1 cm³/mol. The largest absolute Gasteiger partial charge is 0.381 e. The monoisotopic (exact) mass is 273 g/mol. The Labute approximate surface area is 122 Å². The van der Waals surface area contributed by atoms with Crippen LogP contribution in [0.25, 0.3) is 0 Å². The first kappa shape index (κ1) is 14.1. The van der Waals surface area contributed by atoms with E-state index in [1.54, 1.807) is 0 Å². The molecule has 1 aliphatic heterocycles. The van der Waals surface area contributed by atoms with Gasteiger partial charge in [-0.15, -0.1) is 0 Å². The second-order valence-electron chi connectivity index (χ2n) is 7.03. The summed E-state index contributed by atoms with van der Waals surface area (Å²) in [6, 6.07) is 9.99. The van der Waals surface area contributed by atoms with Crippen molar-refractivity contribution in [1.82, 2.24) is 5.32 Å². The lowest BCUT2D eigenvalue weighted by Gasteiger charge is -2.28. The normalized spacial score (nSPS) is 26.4. The molecule has 1 unspecified atom stereocenters. The van der Waals surface area contributed by atoms with Crippen molar-refractivity contribution in [3.8, 4) is 0 Å². The van der Waals surface area contributed by atoms with Crippen molar-refractivity contribution in [2.75, 3.05) is 19.8 Å². The molecule has 2 nitrogen and oxygen atoms in total. The number of nitrogens with one attached hydrogen (secondary N) is 1. The van der Waals surface area contributed by atoms with E-state index >= 15 is 0 Å². The lowest BCUT2D eigenvalue weighted by Crippen LogP contribution is -2.37. The topological polar surface area (TPSA) is 21.3 Å². The third-order valence-electron chi connectivity index (χ3n) is 4.75. The zero-order chi connectivity index (χ0) is 14.0. The molecule has 0 aromatic heterocycles.